The highest BCUT2D eigenvalue weighted by molar-refractivity contribution is 5.77. The Labute approximate surface area is 123 Å². The normalized spacial score (nSPS) is 46.8. The third-order valence-electron chi connectivity index (χ3n) is 6.70. The first-order valence-electron chi connectivity index (χ1n) is 8.90. The van der Waals surface area contributed by atoms with Gasteiger partial charge in [0.2, 0.25) is 5.91 Å². The maximum absolute atomic E-state index is 12.8. The first kappa shape index (κ1) is 13.2. The lowest BCUT2D eigenvalue weighted by Gasteiger charge is -2.57. The third kappa shape index (κ3) is 2.29. The highest BCUT2D eigenvalue weighted by Crippen LogP contribution is 2.61. The molecule has 1 atom stereocenters. The van der Waals surface area contributed by atoms with E-state index in [9.17, 15) is 4.79 Å². The van der Waals surface area contributed by atoms with Crippen LogP contribution in [0.25, 0.3) is 0 Å². The molecule has 0 aromatic carbocycles. The van der Waals surface area contributed by atoms with E-state index in [0.29, 0.717) is 17.2 Å². The summed E-state index contributed by atoms with van der Waals surface area (Å²) in [7, 11) is 0. The number of carbonyl (C=O) groups is 1. The van der Waals surface area contributed by atoms with Crippen LogP contribution in [-0.2, 0) is 4.79 Å². The van der Waals surface area contributed by atoms with Gasteiger partial charge in [0.05, 0.1) is 0 Å². The van der Waals surface area contributed by atoms with Crippen molar-refractivity contribution in [1.29, 1.82) is 0 Å². The van der Waals surface area contributed by atoms with E-state index in [0.717, 1.165) is 37.3 Å². The van der Waals surface area contributed by atoms with E-state index < -0.39 is 0 Å². The number of carbonyl (C=O) groups excluding carboxylic acids is 1. The Hall–Kier alpha value is -0.530. The predicted octanol–water partition coefficient (Wildman–Crippen LogP) is 3.85. The second-order valence-corrected chi connectivity index (χ2v) is 8.68. The molecule has 4 aliphatic carbocycles. The van der Waals surface area contributed by atoms with E-state index in [2.05, 4.69) is 11.8 Å². The molecule has 2 nitrogen and oxygen atoms in total. The van der Waals surface area contributed by atoms with Crippen LogP contribution in [0.15, 0.2) is 0 Å². The minimum Gasteiger partial charge on any atom is -0.342 e. The Kier molecular flexibility index (Phi) is 3.12. The van der Waals surface area contributed by atoms with E-state index >= 15 is 0 Å². The largest absolute Gasteiger partial charge is 0.342 e. The molecule has 20 heavy (non-hydrogen) atoms. The lowest BCUT2D eigenvalue weighted by atomic mass is 9.49. The number of nitrogens with zero attached hydrogens (tertiary/aromatic N) is 1. The van der Waals surface area contributed by atoms with E-state index in [1.807, 2.05) is 0 Å². The van der Waals surface area contributed by atoms with Gasteiger partial charge in [0.15, 0.2) is 0 Å². The zero-order valence-corrected chi connectivity index (χ0v) is 12.9. The lowest BCUT2D eigenvalue weighted by Crippen LogP contribution is -2.49. The fraction of sp³-hybridized carbons (Fsp3) is 0.944. The summed E-state index contributed by atoms with van der Waals surface area (Å²) in [4.78, 5) is 14.9. The van der Waals surface area contributed by atoms with Crippen molar-refractivity contribution in [3.05, 3.63) is 0 Å². The fourth-order valence-corrected chi connectivity index (χ4v) is 6.36. The molecule has 0 aromatic rings. The molecule has 0 radical (unpaired) electrons. The van der Waals surface area contributed by atoms with Gasteiger partial charge in [-0.2, -0.15) is 0 Å². The molecule has 1 saturated heterocycles. The zero-order chi connectivity index (χ0) is 13.7. The second-order valence-electron chi connectivity index (χ2n) is 8.68. The number of hydrogen-bond donors (Lipinski definition) is 0. The first-order chi connectivity index (χ1) is 9.62. The average Bonchev–Trinajstić information content (AvgIpc) is 2.36. The molecule has 4 saturated carbocycles. The molecule has 0 N–H and O–H groups in total. The molecular formula is C18H29NO. The van der Waals surface area contributed by atoms with Gasteiger partial charge >= 0.3 is 0 Å². The van der Waals surface area contributed by atoms with E-state index in [4.69, 9.17) is 0 Å². The Balaban J connectivity index is 1.44. The zero-order valence-electron chi connectivity index (χ0n) is 12.9. The first-order valence-corrected chi connectivity index (χ1v) is 8.90. The molecule has 4 bridgehead atoms. The molecule has 5 aliphatic rings. The summed E-state index contributed by atoms with van der Waals surface area (Å²) < 4.78 is 0. The van der Waals surface area contributed by atoms with Crippen LogP contribution < -0.4 is 0 Å². The van der Waals surface area contributed by atoms with Gasteiger partial charge in [-0.05, 0) is 80.5 Å². The molecule has 112 valence electrons. The quantitative estimate of drug-likeness (QED) is 0.749. The number of amides is 1. The molecular weight excluding hydrogens is 246 g/mol. The summed E-state index contributed by atoms with van der Waals surface area (Å²) in [5, 5.41) is 0. The van der Waals surface area contributed by atoms with Gasteiger partial charge in [-0.1, -0.05) is 6.92 Å². The van der Waals surface area contributed by atoms with Crippen LogP contribution in [0.4, 0.5) is 0 Å². The van der Waals surface area contributed by atoms with Crippen LogP contribution in [0.5, 0.6) is 0 Å². The molecule has 1 heterocycles. The maximum Gasteiger partial charge on any atom is 0.223 e. The van der Waals surface area contributed by atoms with Gasteiger partial charge in [0.25, 0.3) is 0 Å². The van der Waals surface area contributed by atoms with Crippen LogP contribution in [0, 0.1) is 29.1 Å². The molecule has 1 unspecified atom stereocenters. The minimum absolute atomic E-state index is 0.423. The van der Waals surface area contributed by atoms with E-state index in [1.54, 1.807) is 0 Å². The van der Waals surface area contributed by atoms with E-state index in [1.165, 1.54) is 51.4 Å². The SMILES string of the molecule is CC1CCCN(C(=O)CC23CC4CC(CC(C4)C2)C3)C1. The number of piperidine rings is 1. The van der Waals surface area contributed by atoms with Crippen LogP contribution in [0.1, 0.15) is 64.7 Å². The molecule has 0 spiro atoms. The summed E-state index contributed by atoms with van der Waals surface area (Å²) in [6, 6.07) is 0. The topological polar surface area (TPSA) is 20.3 Å². The van der Waals surface area contributed by atoms with Gasteiger partial charge in [0.1, 0.15) is 0 Å². The number of rotatable bonds is 2. The maximum atomic E-state index is 12.8. The average molecular weight is 275 g/mol. The van der Waals surface area contributed by atoms with Crippen molar-refractivity contribution in [3.8, 4) is 0 Å². The lowest BCUT2D eigenvalue weighted by molar-refractivity contribution is -0.141. The summed E-state index contributed by atoms with van der Waals surface area (Å²) in [6.45, 7) is 4.34. The van der Waals surface area contributed by atoms with Gasteiger partial charge in [-0.15, -0.1) is 0 Å². The molecule has 0 aromatic heterocycles. The Morgan fingerprint density at radius 3 is 2.25 bits per heavy atom. The van der Waals surface area contributed by atoms with Crippen molar-refractivity contribution in [2.45, 2.75) is 64.7 Å². The highest BCUT2D eigenvalue weighted by atomic mass is 16.2. The van der Waals surface area contributed by atoms with Gasteiger partial charge < -0.3 is 4.90 Å². The van der Waals surface area contributed by atoms with Crippen molar-refractivity contribution in [2.75, 3.05) is 13.1 Å². The summed E-state index contributed by atoms with van der Waals surface area (Å²) >= 11 is 0. The van der Waals surface area contributed by atoms with Crippen LogP contribution >= 0.6 is 0 Å². The standard InChI is InChI=1S/C18H29NO/c1-13-3-2-4-19(12-13)17(20)11-18-8-14-5-15(9-18)7-16(6-14)10-18/h13-16H,2-12H2,1H3. The monoisotopic (exact) mass is 275 g/mol. The molecule has 2 heteroatoms. The minimum atomic E-state index is 0.423. The van der Waals surface area contributed by atoms with Gasteiger partial charge in [-0.25, -0.2) is 0 Å². The fourth-order valence-electron chi connectivity index (χ4n) is 6.36. The van der Waals surface area contributed by atoms with Crippen molar-refractivity contribution in [3.63, 3.8) is 0 Å². The molecule has 5 rings (SSSR count). The highest BCUT2D eigenvalue weighted by Gasteiger charge is 2.51. The van der Waals surface area contributed by atoms with E-state index in [-0.39, 0.29) is 0 Å². The van der Waals surface area contributed by atoms with Gasteiger partial charge in [0, 0.05) is 19.5 Å². The predicted molar refractivity (Wildman–Crippen MR) is 80.2 cm³/mol. The Morgan fingerprint density at radius 2 is 1.70 bits per heavy atom. The summed E-state index contributed by atoms with van der Waals surface area (Å²) in [6.07, 6.45) is 11.9. The van der Waals surface area contributed by atoms with Crippen LogP contribution in [0.2, 0.25) is 0 Å². The molecule has 5 fully saturated rings. The van der Waals surface area contributed by atoms with Crippen molar-refractivity contribution >= 4 is 5.91 Å². The van der Waals surface area contributed by atoms with Crippen LogP contribution in [-0.4, -0.2) is 23.9 Å². The summed E-state index contributed by atoms with van der Waals surface area (Å²) in [5.41, 5.74) is 0.423. The molecule has 1 aliphatic heterocycles. The van der Waals surface area contributed by atoms with Gasteiger partial charge in [-0.3, -0.25) is 4.79 Å². The second kappa shape index (κ2) is 4.74. The van der Waals surface area contributed by atoms with Crippen molar-refractivity contribution in [2.24, 2.45) is 29.1 Å². The Morgan fingerprint density at radius 1 is 1.10 bits per heavy atom. The Bertz CT molecular complexity index is 367. The summed E-state index contributed by atoms with van der Waals surface area (Å²) in [5.74, 6) is 4.10. The van der Waals surface area contributed by atoms with Crippen LogP contribution in [0.3, 0.4) is 0 Å². The van der Waals surface area contributed by atoms with Crippen molar-refractivity contribution < 1.29 is 4.79 Å². The van der Waals surface area contributed by atoms with Crippen molar-refractivity contribution in [1.82, 2.24) is 4.90 Å². The molecule has 1 amide bonds. The number of hydrogen-bond acceptors (Lipinski definition) is 1. The smallest absolute Gasteiger partial charge is 0.223 e. The number of likely N-dealkylation sites (tertiary alicyclic amines) is 1. The third-order valence-corrected chi connectivity index (χ3v) is 6.70.